The number of benzene rings is 1. The van der Waals surface area contributed by atoms with Crippen LogP contribution in [0.4, 0.5) is 0 Å². The van der Waals surface area contributed by atoms with Crippen molar-refractivity contribution < 1.29 is 4.79 Å². The molecule has 1 aromatic heterocycles. The number of rotatable bonds is 3. The molecule has 19 heavy (non-hydrogen) atoms. The van der Waals surface area contributed by atoms with Crippen LogP contribution >= 0.6 is 0 Å². The Hall–Kier alpha value is -1.83. The highest BCUT2D eigenvalue weighted by molar-refractivity contribution is 5.98. The molecule has 0 saturated carbocycles. The Morgan fingerprint density at radius 2 is 1.95 bits per heavy atom. The Bertz CT molecular complexity index is 595. The number of hydrogen-bond donors (Lipinski definition) is 0. The molecule has 1 heterocycles. The number of aryl methyl sites for hydroxylation is 2. The van der Waals surface area contributed by atoms with Crippen molar-refractivity contribution in [1.82, 2.24) is 4.57 Å². The van der Waals surface area contributed by atoms with Crippen LogP contribution in [0.1, 0.15) is 40.2 Å². The quantitative estimate of drug-likeness (QED) is 0.819. The Balaban J connectivity index is 1.83. The van der Waals surface area contributed by atoms with Crippen LogP contribution in [-0.2, 0) is 19.4 Å². The van der Waals surface area contributed by atoms with E-state index in [9.17, 15) is 4.79 Å². The van der Waals surface area contributed by atoms with Crippen molar-refractivity contribution >= 4 is 5.78 Å². The van der Waals surface area contributed by atoms with Crippen LogP contribution in [0.15, 0.2) is 36.4 Å². The summed E-state index contributed by atoms with van der Waals surface area (Å²) in [5.41, 5.74) is 4.80. The predicted octanol–water partition coefficient (Wildman–Crippen LogP) is 3.56. The van der Waals surface area contributed by atoms with Crippen molar-refractivity contribution in [2.24, 2.45) is 0 Å². The van der Waals surface area contributed by atoms with Crippen LogP contribution in [0.25, 0.3) is 0 Å². The monoisotopic (exact) mass is 253 g/mol. The van der Waals surface area contributed by atoms with Crippen molar-refractivity contribution in [1.29, 1.82) is 0 Å². The van der Waals surface area contributed by atoms with Crippen LogP contribution < -0.4 is 0 Å². The molecule has 0 spiro atoms. The van der Waals surface area contributed by atoms with Crippen LogP contribution in [0.3, 0.4) is 0 Å². The summed E-state index contributed by atoms with van der Waals surface area (Å²) in [5.74, 6) is 0.322. The fourth-order valence-electron chi connectivity index (χ4n) is 2.99. The minimum Gasteiger partial charge on any atom is -0.348 e. The number of Topliss-reactive ketones (excluding diaryl/α,β-unsaturated/α-hetero) is 1. The second-order valence-corrected chi connectivity index (χ2v) is 5.31. The zero-order chi connectivity index (χ0) is 13.2. The lowest BCUT2D eigenvalue weighted by Gasteiger charge is -2.16. The van der Waals surface area contributed by atoms with Crippen molar-refractivity contribution in [2.45, 2.75) is 39.2 Å². The summed E-state index contributed by atoms with van der Waals surface area (Å²) in [6.07, 6.45) is 3.79. The molecule has 1 aliphatic carbocycles. The summed E-state index contributed by atoms with van der Waals surface area (Å²) in [4.78, 5) is 11.9. The molecule has 0 unspecified atom stereocenters. The number of ketones is 1. The molecule has 0 saturated heterocycles. The lowest BCUT2D eigenvalue weighted by molar-refractivity contribution is 0.0972. The predicted molar refractivity (Wildman–Crippen MR) is 76.6 cm³/mol. The number of hydrogen-bond acceptors (Lipinski definition) is 1. The summed E-state index contributed by atoms with van der Waals surface area (Å²) >= 11 is 0. The maximum atomic E-state index is 11.9. The zero-order valence-electron chi connectivity index (χ0n) is 11.4. The number of fused-ring (bicyclic) bond motifs is 1. The standard InChI is InChI=1S/C17H19NO/c1-13-12-15-16(8-5-9-17(15)19)18(13)11-10-14-6-3-2-4-7-14/h2-4,6-7,12H,5,8-11H2,1H3. The number of carbonyl (C=O) groups excluding carboxylic acids is 1. The molecule has 2 heteroatoms. The molecule has 0 atom stereocenters. The first-order valence-corrected chi connectivity index (χ1v) is 7.02. The van der Waals surface area contributed by atoms with Gasteiger partial charge in [0.05, 0.1) is 0 Å². The summed E-state index contributed by atoms with van der Waals surface area (Å²) < 4.78 is 2.33. The summed E-state index contributed by atoms with van der Waals surface area (Å²) in [6.45, 7) is 3.08. The van der Waals surface area contributed by atoms with E-state index in [0.717, 1.165) is 37.8 Å². The fraction of sp³-hybridized carbons (Fsp3) is 0.353. The smallest absolute Gasteiger partial charge is 0.164 e. The molecule has 0 fully saturated rings. The van der Waals surface area contributed by atoms with Gasteiger partial charge in [-0.1, -0.05) is 30.3 Å². The van der Waals surface area contributed by atoms with Gasteiger partial charge in [0, 0.05) is 29.9 Å². The minimum atomic E-state index is 0.322. The molecule has 1 aliphatic rings. The van der Waals surface area contributed by atoms with Gasteiger partial charge < -0.3 is 4.57 Å². The molecule has 0 amide bonds. The lowest BCUT2D eigenvalue weighted by Crippen LogP contribution is -2.14. The average molecular weight is 253 g/mol. The van der Waals surface area contributed by atoms with Crippen molar-refractivity contribution in [3.8, 4) is 0 Å². The SMILES string of the molecule is Cc1cc2c(n1CCc1ccccc1)CCCC2=O. The first-order valence-electron chi connectivity index (χ1n) is 7.02. The number of carbonyl (C=O) groups is 1. The van der Waals surface area contributed by atoms with Gasteiger partial charge in [0.1, 0.15) is 0 Å². The second kappa shape index (κ2) is 5.04. The van der Waals surface area contributed by atoms with Crippen molar-refractivity contribution in [2.75, 3.05) is 0 Å². The highest BCUT2D eigenvalue weighted by atomic mass is 16.1. The van der Waals surface area contributed by atoms with E-state index in [4.69, 9.17) is 0 Å². The summed E-state index contributed by atoms with van der Waals surface area (Å²) in [5, 5.41) is 0. The topological polar surface area (TPSA) is 22.0 Å². The third-order valence-electron chi connectivity index (χ3n) is 4.00. The van der Waals surface area contributed by atoms with Gasteiger partial charge in [0.25, 0.3) is 0 Å². The Labute approximate surface area is 114 Å². The highest BCUT2D eigenvalue weighted by Crippen LogP contribution is 2.25. The van der Waals surface area contributed by atoms with Gasteiger partial charge in [-0.15, -0.1) is 0 Å². The van der Waals surface area contributed by atoms with Crippen LogP contribution in [0.5, 0.6) is 0 Å². The molecule has 3 rings (SSSR count). The van der Waals surface area contributed by atoms with Crippen molar-refractivity contribution in [3.05, 3.63) is 58.9 Å². The summed E-state index contributed by atoms with van der Waals surface area (Å²) in [7, 11) is 0. The van der Waals surface area contributed by atoms with Gasteiger partial charge in [-0.2, -0.15) is 0 Å². The largest absolute Gasteiger partial charge is 0.348 e. The molecule has 0 bridgehead atoms. The average Bonchev–Trinajstić information content (AvgIpc) is 2.75. The molecule has 0 radical (unpaired) electrons. The Kier molecular flexibility index (Phi) is 3.24. The fourth-order valence-corrected chi connectivity index (χ4v) is 2.99. The minimum absolute atomic E-state index is 0.322. The molecule has 2 aromatic rings. The Morgan fingerprint density at radius 1 is 1.16 bits per heavy atom. The maximum absolute atomic E-state index is 11.9. The normalized spacial score (nSPS) is 14.5. The van der Waals surface area contributed by atoms with E-state index < -0.39 is 0 Å². The lowest BCUT2D eigenvalue weighted by atomic mass is 9.96. The van der Waals surface area contributed by atoms with Gasteiger partial charge in [-0.05, 0) is 37.8 Å². The van der Waals surface area contributed by atoms with E-state index in [0.29, 0.717) is 5.78 Å². The molecular formula is C17H19NO. The zero-order valence-corrected chi connectivity index (χ0v) is 11.4. The molecule has 0 aliphatic heterocycles. The van der Waals surface area contributed by atoms with Gasteiger partial charge >= 0.3 is 0 Å². The molecule has 2 nitrogen and oxygen atoms in total. The van der Waals surface area contributed by atoms with E-state index in [2.05, 4.69) is 41.8 Å². The molecular weight excluding hydrogens is 234 g/mol. The molecule has 1 aromatic carbocycles. The van der Waals surface area contributed by atoms with E-state index in [1.54, 1.807) is 0 Å². The van der Waals surface area contributed by atoms with E-state index in [1.807, 2.05) is 6.07 Å². The van der Waals surface area contributed by atoms with Gasteiger partial charge in [-0.25, -0.2) is 0 Å². The third kappa shape index (κ3) is 2.35. The molecule has 0 N–H and O–H groups in total. The van der Waals surface area contributed by atoms with Crippen LogP contribution in [0, 0.1) is 6.92 Å². The van der Waals surface area contributed by atoms with Gasteiger partial charge in [0.2, 0.25) is 0 Å². The van der Waals surface area contributed by atoms with Crippen LogP contribution in [0.2, 0.25) is 0 Å². The van der Waals surface area contributed by atoms with E-state index in [1.165, 1.54) is 17.0 Å². The van der Waals surface area contributed by atoms with E-state index in [-0.39, 0.29) is 0 Å². The third-order valence-corrected chi connectivity index (χ3v) is 4.00. The summed E-state index contributed by atoms with van der Waals surface area (Å²) in [6, 6.07) is 12.6. The number of nitrogens with zero attached hydrogens (tertiary/aromatic N) is 1. The first kappa shape index (κ1) is 12.2. The molecule has 98 valence electrons. The van der Waals surface area contributed by atoms with Crippen molar-refractivity contribution in [3.63, 3.8) is 0 Å². The maximum Gasteiger partial charge on any atom is 0.164 e. The van der Waals surface area contributed by atoms with Crippen LogP contribution in [-0.4, -0.2) is 10.4 Å². The second-order valence-electron chi connectivity index (χ2n) is 5.31. The first-order chi connectivity index (χ1) is 9.25. The van der Waals surface area contributed by atoms with Gasteiger partial charge in [0.15, 0.2) is 5.78 Å². The van der Waals surface area contributed by atoms with Gasteiger partial charge in [-0.3, -0.25) is 4.79 Å². The number of aromatic nitrogens is 1. The Morgan fingerprint density at radius 3 is 2.74 bits per heavy atom. The highest BCUT2D eigenvalue weighted by Gasteiger charge is 2.22. The van der Waals surface area contributed by atoms with E-state index >= 15 is 0 Å².